The van der Waals surface area contributed by atoms with E-state index in [2.05, 4.69) is 10.1 Å². The first kappa shape index (κ1) is 18.0. The molecule has 0 saturated carbocycles. The van der Waals surface area contributed by atoms with Gasteiger partial charge in [0.25, 0.3) is 0 Å². The lowest BCUT2D eigenvalue weighted by molar-refractivity contribution is 0.103. The lowest BCUT2D eigenvalue weighted by Gasteiger charge is -2.18. The SMILES string of the molecule is Cc1ccc(C(=O)c2cnn(C)c2O)c(Cl)c1N=C1CCCC[S+]1[O-]. The number of aromatic hydroxyl groups is 1. The molecule has 0 spiro atoms. The smallest absolute Gasteiger partial charge is 0.220 e. The van der Waals surface area contributed by atoms with Crippen molar-refractivity contribution in [3.05, 3.63) is 40.0 Å². The maximum atomic E-state index is 12.7. The molecule has 3 rings (SSSR count). The van der Waals surface area contributed by atoms with E-state index in [1.165, 1.54) is 10.9 Å². The minimum absolute atomic E-state index is 0.0769. The molecule has 1 N–H and O–H groups in total. The molecule has 1 aromatic carbocycles. The van der Waals surface area contributed by atoms with Crippen molar-refractivity contribution in [1.29, 1.82) is 0 Å². The summed E-state index contributed by atoms with van der Waals surface area (Å²) in [7, 11) is 1.54. The Kier molecular flexibility index (Phi) is 5.17. The fraction of sp³-hybridized carbons (Fsp3) is 0.353. The van der Waals surface area contributed by atoms with Gasteiger partial charge in [0.1, 0.15) is 11.3 Å². The third kappa shape index (κ3) is 3.44. The maximum Gasteiger partial charge on any atom is 0.220 e. The Hall–Kier alpha value is -1.83. The van der Waals surface area contributed by atoms with Gasteiger partial charge < -0.3 is 9.66 Å². The fourth-order valence-electron chi connectivity index (χ4n) is 2.68. The number of hydrogen-bond donors (Lipinski definition) is 1. The van der Waals surface area contributed by atoms with Crippen molar-refractivity contribution >= 4 is 39.3 Å². The second kappa shape index (κ2) is 7.19. The number of ketones is 1. The molecule has 1 fully saturated rings. The maximum absolute atomic E-state index is 12.7. The molecular weight excluding hydrogens is 362 g/mol. The van der Waals surface area contributed by atoms with Crippen LogP contribution in [-0.2, 0) is 18.2 Å². The van der Waals surface area contributed by atoms with Gasteiger partial charge in [0.2, 0.25) is 16.7 Å². The molecule has 132 valence electrons. The predicted octanol–water partition coefficient (Wildman–Crippen LogP) is 3.28. The lowest BCUT2D eigenvalue weighted by atomic mass is 10.0. The number of rotatable bonds is 3. The number of carbonyl (C=O) groups excluding carboxylic acids is 1. The van der Waals surface area contributed by atoms with Crippen LogP contribution in [0.15, 0.2) is 23.3 Å². The zero-order chi connectivity index (χ0) is 18.1. The number of hydrogen-bond acceptors (Lipinski definition) is 5. The summed E-state index contributed by atoms with van der Waals surface area (Å²) in [5.74, 6) is -0.0396. The van der Waals surface area contributed by atoms with Crippen LogP contribution in [0.4, 0.5) is 5.69 Å². The Balaban J connectivity index is 2.04. The minimum atomic E-state index is -1.10. The van der Waals surface area contributed by atoms with Gasteiger partial charge in [-0.15, -0.1) is 0 Å². The van der Waals surface area contributed by atoms with E-state index in [1.807, 2.05) is 6.92 Å². The third-order valence-corrected chi connectivity index (χ3v) is 6.05. The first-order valence-electron chi connectivity index (χ1n) is 7.91. The molecule has 0 aliphatic carbocycles. The van der Waals surface area contributed by atoms with Crippen molar-refractivity contribution in [3.8, 4) is 5.88 Å². The van der Waals surface area contributed by atoms with Gasteiger partial charge in [-0.2, -0.15) is 5.10 Å². The van der Waals surface area contributed by atoms with Gasteiger partial charge in [-0.05, 0) is 31.4 Å². The second-order valence-corrected chi connectivity index (χ2v) is 7.89. The summed E-state index contributed by atoms with van der Waals surface area (Å²) in [6.45, 7) is 1.84. The zero-order valence-corrected chi connectivity index (χ0v) is 15.5. The highest BCUT2D eigenvalue weighted by Gasteiger charge is 2.25. The molecule has 2 heterocycles. The Morgan fingerprint density at radius 1 is 1.40 bits per heavy atom. The molecule has 0 amide bonds. The van der Waals surface area contributed by atoms with Crippen LogP contribution in [0.25, 0.3) is 0 Å². The molecule has 2 aromatic rings. The summed E-state index contributed by atoms with van der Waals surface area (Å²) in [6.07, 6.45) is 3.85. The first-order chi connectivity index (χ1) is 11.9. The minimum Gasteiger partial charge on any atom is -0.610 e. The van der Waals surface area contributed by atoms with Crippen molar-refractivity contribution in [2.75, 3.05) is 5.75 Å². The van der Waals surface area contributed by atoms with E-state index in [9.17, 15) is 14.5 Å². The fourth-order valence-corrected chi connectivity index (χ4v) is 4.29. The highest BCUT2D eigenvalue weighted by Crippen LogP contribution is 2.35. The van der Waals surface area contributed by atoms with Crippen molar-refractivity contribution in [1.82, 2.24) is 9.78 Å². The Morgan fingerprint density at radius 3 is 2.80 bits per heavy atom. The Morgan fingerprint density at radius 2 is 2.16 bits per heavy atom. The van der Waals surface area contributed by atoms with Crippen molar-refractivity contribution in [2.45, 2.75) is 26.2 Å². The molecule has 25 heavy (non-hydrogen) atoms. The quantitative estimate of drug-likeness (QED) is 0.654. The molecule has 0 bridgehead atoms. The summed E-state index contributed by atoms with van der Waals surface area (Å²) < 4.78 is 13.3. The van der Waals surface area contributed by atoms with Crippen molar-refractivity contribution < 1.29 is 14.5 Å². The Bertz CT molecular complexity index is 863. The molecule has 1 unspecified atom stereocenters. The van der Waals surface area contributed by atoms with E-state index in [4.69, 9.17) is 11.6 Å². The highest BCUT2D eigenvalue weighted by atomic mass is 35.5. The van der Waals surface area contributed by atoms with E-state index in [0.29, 0.717) is 22.9 Å². The van der Waals surface area contributed by atoms with Crippen LogP contribution in [-0.4, -0.2) is 36.0 Å². The van der Waals surface area contributed by atoms with Crippen LogP contribution < -0.4 is 0 Å². The van der Waals surface area contributed by atoms with Crippen LogP contribution in [0.3, 0.4) is 0 Å². The number of aromatic nitrogens is 2. The lowest BCUT2D eigenvalue weighted by Crippen LogP contribution is -2.23. The molecular formula is C17H18ClN3O3S. The van der Waals surface area contributed by atoms with Gasteiger partial charge >= 0.3 is 0 Å². The number of carbonyl (C=O) groups is 1. The molecule has 1 aliphatic heterocycles. The summed E-state index contributed by atoms with van der Waals surface area (Å²) in [5, 5.41) is 14.6. The number of aryl methyl sites for hydroxylation is 2. The van der Waals surface area contributed by atoms with Crippen molar-refractivity contribution in [2.24, 2.45) is 12.0 Å². The van der Waals surface area contributed by atoms with E-state index in [1.54, 1.807) is 19.2 Å². The zero-order valence-electron chi connectivity index (χ0n) is 14.0. The van der Waals surface area contributed by atoms with Crippen LogP contribution in [0.2, 0.25) is 5.02 Å². The largest absolute Gasteiger partial charge is 0.610 e. The summed E-state index contributed by atoms with van der Waals surface area (Å²) in [5.41, 5.74) is 1.57. The third-order valence-electron chi connectivity index (χ3n) is 4.18. The van der Waals surface area contributed by atoms with E-state index < -0.39 is 17.0 Å². The van der Waals surface area contributed by atoms with Gasteiger partial charge in [0.05, 0.1) is 16.9 Å². The molecule has 6 nitrogen and oxygen atoms in total. The number of aliphatic imine (C=N–C) groups is 1. The van der Waals surface area contributed by atoms with Crippen LogP contribution in [0, 0.1) is 6.92 Å². The molecule has 8 heteroatoms. The number of nitrogens with zero attached hydrogens (tertiary/aromatic N) is 3. The van der Waals surface area contributed by atoms with E-state index >= 15 is 0 Å². The van der Waals surface area contributed by atoms with Gasteiger partial charge in [-0.1, -0.05) is 17.7 Å². The first-order valence-corrected chi connectivity index (χ1v) is 9.60. The normalized spacial score (nSPS) is 19.4. The number of benzene rings is 1. The van der Waals surface area contributed by atoms with E-state index in [0.717, 1.165) is 18.4 Å². The monoisotopic (exact) mass is 379 g/mol. The second-order valence-electron chi connectivity index (χ2n) is 5.94. The molecule has 1 atom stereocenters. The predicted molar refractivity (Wildman–Crippen MR) is 98.4 cm³/mol. The summed E-state index contributed by atoms with van der Waals surface area (Å²) in [4.78, 5) is 17.2. The van der Waals surface area contributed by atoms with Crippen LogP contribution >= 0.6 is 11.6 Å². The topological polar surface area (TPSA) is 90.5 Å². The highest BCUT2D eigenvalue weighted by molar-refractivity contribution is 8.06. The average Bonchev–Trinajstić information content (AvgIpc) is 2.92. The Labute approximate surface area is 153 Å². The molecule has 1 saturated heterocycles. The van der Waals surface area contributed by atoms with Gasteiger partial charge in [0, 0.05) is 30.2 Å². The van der Waals surface area contributed by atoms with Gasteiger partial charge in [-0.25, -0.2) is 9.67 Å². The van der Waals surface area contributed by atoms with E-state index in [-0.39, 0.29) is 22.0 Å². The van der Waals surface area contributed by atoms with Crippen LogP contribution in [0.5, 0.6) is 5.88 Å². The summed E-state index contributed by atoms with van der Waals surface area (Å²) >= 11 is 5.35. The average molecular weight is 380 g/mol. The van der Waals surface area contributed by atoms with Crippen LogP contribution in [0.1, 0.15) is 40.7 Å². The molecule has 0 radical (unpaired) electrons. The standard InChI is InChI=1S/C17H18ClN3O3S/c1-10-6-7-11(16(22)12-9-19-21(2)17(12)23)14(18)15(10)20-13-5-3-4-8-25(13)24/h6-7,9,23H,3-5,8H2,1-2H3. The van der Waals surface area contributed by atoms with Gasteiger partial charge in [0.15, 0.2) is 0 Å². The van der Waals surface area contributed by atoms with Crippen molar-refractivity contribution in [3.63, 3.8) is 0 Å². The molecule has 1 aromatic heterocycles. The van der Waals surface area contributed by atoms with Gasteiger partial charge in [-0.3, -0.25) is 4.79 Å². The number of halogens is 1. The summed E-state index contributed by atoms with van der Waals surface area (Å²) in [6, 6.07) is 3.35. The molecule has 1 aliphatic rings.